The molecule has 0 N–H and O–H groups in total. The van der Waals surface area contributed by atoms with Gasteiger partial charge in [-0.1, -0.05) is 12.1 Å². The van der Waals surface area contributed by atoms with Crippen LogP contribution in [0.15, 0.2) is 42.7 Å². The van der Waals surface area contributed by atoms with Crippen LogP contribution in [0.5, 0.6) is 0 Å². The summed E-state index contributed by atoms with van der Waals surface area (Å²) in [5.41, 5.74) is 1.69. The standard InChI is InChI=1S/C15H15N5O4S/c1-3-18(25(2,23)24)12-6-4-5-11(9-12)13-7-8-16-15-14(20(21)22)10-17-19(13)15/h4-10H,3H2,1-2H3. The Morgan fingerprint density at radius 2 is 2.08 bits per heavy atom. The predicted molar refractivity (Wildman–Crippen MR) is 92.9 cm³/mol. The van der Waals surface area contributed by atoms with Crippen molar-refractivity contribution in [3.8, 4) is 11.3 Å². The van der Waals surface area contributed by atoms with Crippen LogP contribution in [0.25, 0.3) is 16.9 Å². The zero-order chi connectivity index (χ0) is 18.2. The minimum Gasteiger partial charge on any atom is -0.271 e. The molecule has 0 aliphatic carbocycles. The molecule has 0 saturated heterocycles. The molecule has 3 aromatic rings. The van der Waals surface area contributed by atoms with E-state index in [-0.39, 0.29) is 11.3 Å². The number of benzene rings is 1. The molecule has 9 nitrogen and oxygen atoms in total. The highest BCUT2D eigenvalue weighted by atomic mass is 32.2. The second kappa shape index (κ2) is 6.13. The van der Waals surface area contributed by atoms with E-state index in [4.69, 9.17) is 0 Å². The maximum Gasteiger partial charge on any atom is 0.333 e. The van der Waals surface area contributed by atoms with E-state index in [1.807, 2.05) is 0 Å². The van der Waals surface area contributed by atoms with Crippen LogP contribution in [0.4, 0.5) is 11.4 Å². The van der Waals surface area contributed by atoms with Gasteiger partial charge in [-0.15, -0.1) is 0 Å². The molecule has 0 aliphatic heterocycles. The average Bonchev–Trinajstić information content (AvgIpc) is 2.98. The Kier molecular flexibility index (Phi) is 4.13. The second-order valence-electron chi connectivity index (χ2n) is 5.33. The SMILES string of the molecule is CCN(c1cccc(-c2ccnc3c([N+](=O)[O-])cnn23)c1)S(C)(=O)=O. The first-order valence-corrected chi connectivity index (χ1v) is 9.23. The van der Waals surface area contributed by atoms with E-state index in [2.05, 4.69) is 10.1 Å². The molecule has 3 rings (SSSR count). The number of hydrogen-bond donors (Lipinski definition) is 0. The number of aromatic nitrogens is 3. The quantitative estimate of drug-likeness (QED) is 0.508. The molecule has 2 heterocycles. The maximum atomic E-state index is 11.9. The van der Waals surface area contributed by atoms with E-state index in [0.717, 1.165) is 12.5 Å². The number of nitrogens with zero attached hydrogens (tertiary/aromatic N) is 5. The van der Waals surface area contributed by atoms with Gasteiger partial charge >= 0.3 is 5.69 Å². The summed E-state index contributed by atoms with van der Waals surface area (Å²) in [7, 11) is -3.41. The molecule has 2 aromatic heterocycles. The highest BCUT2D eigenvalue weighted by molar-refractivity contribution is 7.92. The minimum atomic E-state index is -3.41. The summed E-state index contributed by atoms with van der Waals surface area (Å²) >= 11 is 0. The largest absolute Gasteiger partial charge is 0.333 e. The van der Waals surface area contributed by atoms with Crippen molar-refractivity contribution in [1.82, 2.24) is 14.6 Å². The van der Waals surface area contributed by atoms with Gasteiger partial charge in [0.2, 0.25) is 15.7 Å². The monoisotopic (exact) mass is 361 g/mol. The zero-order valence-corrected chi connectivity index (χ0v) is 14.3. The number of hydrogen-bond acceptors (Lipinski definition) is 6. The molecule has 0 atom stereocenters. The van der Waals surface area contributed by atoms with E-state index in [1.54, 1.807) is 37.3 Å². The maximum absolute atomic E-state index is 11.9. The lowest BCUT2D eigenvalue weighted by molar-refractivity contribution is -0.383. The van der Waals surface area contributed by atoms with Crippen LogP contribution in [0, 0.1) is 10.1 Å². The fourth-order valence-electron chi connectivity index (χ4n) is 2.66. The van der Waals surface area contributed by atoms with Crippen molar-refractivity contribution < 1.29 is 13.3 Å². The Bertz CT molecular complexity index is 1060. The molecule has 0 spiro atoms. The first-order chi connectivity index (χ1) is 11.8. The summed E-state index contributed by atoms with van der Waals surface area (Å²) in [6, 6.07) is 8.56. The van der Waals surface area contributed by atoms with Gasteiger partial charge in [-0.05, 0) is 25.1 Å². The highest BCUT2D eigenvalue weighted by Gasteiger charge is 2.19. The van der Waals surface area contributed by atoms with Gasteiger partial charge in [0.1, 0.15) is 6.20 Å². The fourth-order valence-corrected chi connectivity index (χ4v) is 3.62. The molecular formula is C15H15N5O4S. The van der Waals surface area contributed by atoms with Crippen molar-refractivity contribution in [2.24, 2.45) is 0 Å². The van der Waals surface area contributed by atoms with Crippen LogP contribution < -0.4 is 4.31 Å². The van der Waals surface area contributed by atoms with Gasteiger partial charge in [-0.25, -0.2) is 17.9 Å². The van der Waals surface area contributed by atoms with Crippen molar-refractivity contribution in [3.63, 3.8) is 0 Å². The molecule has 0 saturated carbocycles. The van der Waals surface area contributed by atoms with Gasteiger partial charge in [-0.2, -0.15) is 5.10 Å². The van der Waals surface area contributed by atoms with E-state index < -0.39 is 14.9 Å². The average molecular weight is 361 g/mol. The first kappa shape index (κ1) is 16.8. The van der Waals surface area contributed by atoms with E-state index in [1.165, 1.54) is 15.0 Å². The Morgan fingerprint density at radius 3 is 2.72 bits per heavy atom. The Morgan fingerprint density at radius 1 is 1.32 bits per heavy atom. The molecule has 0 bridgehead atoms. The van der Waals surface area contributed by atoms with Crippen molar-refractivity contribution in [1.29, 1.82) is 0 Å². The van der Waals surface area contributed by atoms with Gasteiger partial charge < -0.3 is 0 Å². The summed E-state index contributed by atoms with van der Waals surface area (Å²) in [5, 5.41) is 15.1. The number of nitro groups is 1. The lowest BCUT2D eigenvalue weighted by Gasteiger charge is -2.21. The number of fused-ring (bicyclic) bond motifs is 1. The third kappa shape index (κ3) is 3.03. The Hall–Kier alpha value is -3.01. The van der Waals surface area contributed by atoms with Crippen molar-refractivity contribution >= 4 is 27.0 Å². The van der Waals surface area contributed by atoms with Crippen LogP contribution in [0.3, 0.4) is 0 Å². The molecular weight excluding hydrogens is 346 g/mol. The molecule has 0 amide bonds. The van der Waals surface area contributed by atoms with E-state index in [0.29, 0.717) is 23.5 Å². The van der Waals surface area contributed by atoms with Crippen LogP contribution in [-0.4, -0.2) is 40.7 Å². The van der Waals surface area contributed by atoms with Crippen LogP contribution in [0.2, 0.25) is 0 Å². The summed E-state index contributed by atoms with van der Waals surface area (Å²) in [5.74, 6) is 0. The molecule has 130 valence electrons. The van der Waals surface area contributed by atoms with Gasteiger partial charge in [0.05, 0.1) is 22.6 Å². The Balaban J connectivity index is 2.17. The van der Waals surface area contributed by atoms with Crippen LogP contribution >= 0.6 is 0 Å². The summed E-state index contributed by atoms with van der Waals surface area (Å²) in [6.45, 7) is 2.04. The lowest BCUT2D eigenvalue weighted by atomic mass is 10.1. The molecule has 25 heavy (non-hydrogen) atoms. The van der Waals surface area contributed by atoms with Gasteiger partial charge in [0.25, 0.3) is 0 Å². The van der Waals surface area contributed by atoms with Crippen molar-refractivity contribution in [2.75, 3.05) is 17.1 Å². The summed E-state index contributed by atoms with van der Waals surface area (Å²) in [6.07, 6.45) is 3.75. The normalized spacial score (nSPS) is 11.6. The lowest BCUT2D eigenvalue weighted by Crippen LogP contribution is -2.29. The number of anilines is 1. The molecule has 10 heteroatoms. The number of rotatable bonds is 5. The molecule has 0 unspecified atom stereocenters. The third-order valence-electron chi connectivity index (χ3n) is 3.70. The Labute approximate surface area is 143 Å². The van der Waals surface area contributed by atoms with E-state index >= 15 is 0 Å². The van der Waals surface area contributed by atoms with Gasteiger partial charge in [0, 0.05) is 18.3 Å². The van der Waals surface area contributed by atoms with Crippen LogP contribution in [0.1, 0.15) is 6.92 Å². The second-order valence-corrected chi connectivity index (χ2v) is 7.24. The van der Waals surface area contributed by atoms with Crippen molar-refractivity contribution in [2.45, 2.75) is 6.92 Å². The highest BCUT2D eigenvalue weighted by Crippen LogP contribution is 2.28. The van der Waals surface area contributed by atoms with Crippen molar-refractivity contribution in [3.05, 3.63) is 52.8 Å². The van der Waals surface area contributed by atoms with Gasteiger partial charge in [0.15, 0.2) is 0 Å². The van der Waals surface area contributed by atoms with Crippen LogP contribution in [-0.2, 0) is 10.0 Å². The molecule has 0 aliphatic rings. The van der Waals surface area contributed by atoms with E-state index in [9.17, 15) is 18.5 Å². The summed E-state index contributed by atoms with van der Waals surface area (Å²) < 4.78 is 26.5. The smallest absolute Gasteiger partial charge is 0.271 e. The summed E-state index contributed by atoms with van der Waals surface area (Å²) in [4.78, 5) is 14.5. The minimum absolute atomic E-state index is 0.128. The first-order valence-electron chi connectivity index (χ1n) is 7.38. The molecule has 0 radical (unpaired) electrons. The number of sulfonamides is 1. The molecule has 1 aromatic carbocycles. The fraction of sp³-hybridized carbons (Fsp3) is 0.200. The predicted octanol–water partition coefficient (Wildman–Crippen LogP) is 2.09. The van der Waals surface area contributed by atoms with Gasteiger partial charge in [-0.3, -0.25) is 14.4 Å². The zero-order valence-electron chi connectivity index (χ0n) is 13.5. The topological polar surface area (TPSA) is 111 Å². The molecule has 0 fully saturated rings. The third-order valence-corrected chi connectivity index (χ3v) is 4.97.